The van der Waals surface area contributed by atoms with Gasteiger partial charge in [-0.15, -0.1) is 0 Å². The third-order valence-corrected chi connectivity index (χ3v) is 7.51. The van der Waals surface area contributed by atoms with Crippen molar-refractivity contribution in [3.8, 4) is 22.6 Å². The Balaban J connectivity index is 1.37. The van der Waals surface area contributed by atoms with E-state index < -0.39 is 0 Å². The third kappa shape index (κ3) is 3.04. The van der Waals surface area contributed by atoms with E-state index in [-0.39, 0.29) is 0 Å². The van der Waals surface area contributed by atoms with Gasteiger partial charge in [0.25, 0.3) is 0 Å². The fourth-order valence-electron chi connectivity index (χ4n) is 5.78. The molecule has 8 rings (SSSR count). The molecule has 0 fully saturated rings. The van der Waals surface area contributed by atoms with Crippen molar-refractivity contribution in [3.63, 3.8) is 0 Å². The van der Waals surface area contributed by atoms with E-state index in [0.717, 1.165) is 28.0 Å². The van der Waals surface area contributed by atoms with Gasteiger partial charge in [0.1, 0.15) is 5.82 Å². The molecule has 4 aromatic heterocycles. The Morgan fingerprint density at radius 2 is 1.32 bits per heavy atom. The van der Waals surface area contributed by atoms with E-state index in [1.807, 2.05) is 18.5 Å². The van der Waals surface area contributed by atoms with E-state index in [1.165, 1.54) is 38.1 Å². The van der Waals surface area contributed by atoms with E-state index >= 15 is 0 Å². The van der Waals surface area contributed by atoms with Crippen LogP contribution in [0.2, 0.25) is 0 Å². The molecular formula is C34H22N4. The number of benzene rings is 4. The molecule has 178 valence electrons. The molecule has 0 spiro atoms. The fourth-order valence-corrected chi connectivity index (χ4v) is 5.78. The van der Waals surface area contributed by atoms with Crippen molar-refractivity contribution in [2.45, 2.75) is 0 Å². The molecule has 0 amide bonds. The quantitative estimate of drug-likeness (QED) is 0.252. The van der Waals surface area contributed by atoms with Crippen LogP contribution in [0.4, 0.5) is 0 Å². The Morgan fingerprint density at radius 3 is 2.16 bits per heavy atom. The minimum absolute atomic E-state index is 0.902. The van der Waals surface area contributed by atoms with Crippen LogP contribution >= 0.6 is 0 Å². The van der Waals surface area contributed by atoms with E-state index in [2.05, 4.69) is 123 Å². The van der Waals surface area contributed by atoms with Gasteiger partial charge in [-0.2, -0.15) is 0 Å². The zero-order valence-corrected chi connectivity index (χ0v) is 20.5. The maximum absolute atomic E-state index is 4.90. The Hall–Kier alpha value is -5.22. The van der Waals surface area contributed by atoms with Crippen LogP contribution < -0.4 is 0 Å². The smallest absolute Gasteiger partial charge is 0.137 e. The second-order valence-corrected chi connectivity index (χ2v) is 9.57. The predicted molar refractivity (Wildman–Crippen MR) is 156 cm³/mol. The first kappa shape index (κ1) is 20.9. The standard InChI is InChI=1S/C34H22N4/c1-2-8-25(9-3-1)37-20-18-27-26-13-16-32-34(28(26)14-15-30(27)37)29-10-4-5-11-31(29)38(32)33-17-12-24(22-36-33)23-7-6-19-35-21-23/h1-22H. The van der Waals surface area contributed by atoms with E-state index in [0.29, 0.717) is 0 Å². The summed E-state index contributed by atoms with van der Waals surface area (Å²) in [4.78, 5) is 9.15. The maximum atomic E-state index is 4.90. The van der Waals surface area contributed by atoms with Crippen LogP contribution in [0, 0.1) is 0 Å². The molecule has 0 saturated heterocycles. The summed E-state index contributed by atoms with van der Waals surface area (Å²) in [7, 11) is 0. The molecule has 0 radical (unpaired) electrons. The predicted octanol–water partition coefficient (Wildman–Crippen LogP) is 8.34. The van der Waals surface area contributed by atoms with Gasteiger partial charge in [0, 0.05) is 57.8 Å². The first-order chi connectivity index (χ1) is 18.9. The van der Waals surface area contributed by atoms with E-state index in [4.69, 9.17) is 4.98 Å². The van der Waals surface area contributed by atoms with Gasteiger partial charge < -0.3 is 4.57 Å². The van der Waals surface area contributed by atoms with Crippen LogP contribution in [0.5, 0.6) is 0 Å². The van der Waals surface area contributed by atoms with Crippen molar-refractivity contribution in [3.05, 3.63) is 134 Å². The number of rotatable bonds is 3. The number of hydrogen-bond acceptors (Lipinski definition) is 2. The molecule has 4 heteroatoms. The van der Waals surface area contributed by atoms with Crippen LogP contribution in [0.1, 0.15) is 0 Å². The SMILES string of the molecule is c1ccc(-n2ccc3c4ccc5c(c4ccc32)c2ccccc2n5-c2ccc(-c3cccnc3)cn2)cc1. The summed E-state index contributed by atoms with van der Waals surface area (Å²) in [5, 5.41) is 6.25. The molecule has 0 aliphatic carbocycles. The summed E-state index contributed by atoms with van der Waals surface area (Å²) in [5.41, 5.74) is 6.80. The molecule has 4 nitrogen and oxygen atoms in total. The summed E-state index contributed by atoms with van der Waals surface area (Å²) in [6, 6.07) is 38.6. The molecule has 0 aliphatic rings. The van der Waals surface area contributed by atoms with E-state index in [9.17, 15) is 0 Å². The van der Waals surface area contributed by atoms with Gasteiger partial charge in [0.15, 0.2) is 0 Å². The van der Waals surface area contributed by atoms with Gasteiger partial charge >= 0.3 is 0 Å². The monoisotopic (exact) mass is 486 g/mol. The van der Waals surface area contributed by atoms with Crippen molar-refractivity contribution >= 4 is 43.5 Å². The minimum atomic E-state index is 0.902. The van der Waals surface area contributed by atoms with Gasteiger partial charge in [0.05, 0.1) is 16.6 Å². The maximum Gasteiger partial charge on any atom is 0.137 e. The number of para-hydroxylation sites is 2. The molecule has 8 aromatic rings. The van der Waals surface area contributed by atoms with Gasteiger partial charge in [-0.05, 0) is 65.4 Å². The minimum Gasteiger partial charge on any atom is -0.317 e. The Bertz CT molecular complexity index is 2100. The van der Waals surface area contributed by atoms with Crippen molar-refractivity contribution in [1.29, 1.82) is 0 Å². The third-order valence-electron chi connectivity index (χ3n) is 7.51. The van der Waals surface area contributed by atoms with Crippen LogP contribution in [0.3, 0.4) is 0 Å². The molecule has 0 unspecified atom stereocenters. The highest BCUT2D eigenvalue weighted by Crippen LogP contribution is 2.39. The van der Waals surface area contributed by atoms with Gasteiger partial charge in [0.2, 0.25) is 0 Å². The number of aromatic nitrogens is 4. The average molecular weight is 487 g/mol. The second kappa shape index (κ2) is 8.15. The van der Waals surface area contributed by atoms with Crippen LogP contribution in [-0.4, -0.2) is 19.1 Å². The summed E-state index contributed by atoms with van der Waals surface area (Å²) >= 11 is 0. The van der Waals surface area contributed by atoms with Gasteiger partial charge in [-0.3, -0.25) is 9.55 Å². The zero-order chi connectivity index (χ0) is 25.1. The number of nitrogens with zero attached hydrogens (tertiary/aromatic N) is 4. The average Bonchev–Trinajstić information content (AvgIpc) is 3.58. The lowest BCUT2D eigenvalue weighted by Crippen LogP contribution is -1.97. The molecule has 38 heavy (non-hydrogen) atoms. The molecule has 4 aromatic carbocycles. The first-order valence-corrected chi connectivity index (χ1v) is 12.7. The highest BCUT2D eigenvalue weighted by Gasteiger charge is 2.17. The second-order valence-electron chi connectivity index (χ2n) is 9.57. The highest BCUT2D eigenvalue weighted by atomic mass is 15.1. The summed E-state index contributed by atoms with van der Waals surface area (Å²) in [6.45, 7) is 0. The van der Waals surface area contributed by atoms with Crippen LogP contribution in [0.15, 0.2) is 134 Å². The normalized spacial score (nSPS) is 11.7. The van der Waals surface area contributed by atoms with Crippen molar-refractivity contribution < 1.29 is 0 Å². The summed E-state index contributed by atoms with van der Waals surface area (Å²) < 4.78 is 4.53. The fraction of sp³-hybridized carbons (Fsp3) is 0. The summed E-state index contributed by atoms with van der Waals surface area (Å²) in [5.74, 6) is 0.902. The van der Waals surface area contributed by atoms with Crippen molar-refractivity contribution in [2.24, 2.45) is 0 Å². The number of pyridine rings is 2. The Kier molecular flexibility index (Phi) is 4.49. The lowest BCUT2D eigenvalue weighted by Gasteiger charge is -2.09. The van der Waals surface area contributed by atoms with Crippen molar-refractivity contribution in [1.82, 2.24) is 19.1 Å². The molecule has 0 saturated carbocycles. The number of hydrogen-bond donors (Lipinski definition) is 0. The lowest BCUT2D eigenvalue weighted by molar-refractivity contribution is 1.08. The molecule has 0 N–H and O–H groups in total. The lowest BCUT2D eigenvalue weighted by atomic mass is 10.0. The molecule has 0 atom stereocenters. The van der Waals surface area contributed by atoms with Gasteiger partial charge in [-0.25, -0.2) is 4.98 Å². The number of fused-ring (bicyclic) bond motifs is 7. The molecule has 0 bridgehead atoms. The van der Waals surface area contributed by atoms with Crippen LogP contribution in [0.25, 0.3) is 66.1 Å². The highest BCUT2D eigenvalue weighted by molar-refractivity contribution is 6.25. The van der Waals surface area contributed by atoms with Crippen molar-refractivity contribution in [2.75, 3.05) is 0 Å². The molecule has 0 aliphatic heterocycles. The van der Waals surface area contributed by atoms with E-state index in [1.54, 1.807) is 6.20 Å². The van der Waals surface area contributed by atoms with Crippen LogP contribution in [-0.2, 0) is 0 Å². The van der Waals surface area contributed by atoms with Gasteiger partial charge in [-0.1, -0.05) is 54.6 Å². The molecule has 4 heterocycles. The Morgan fingerprint density at radius 1 is 0.500 bits per heavy atom. The topological polar surface area (TPSA) is 35.6 Å². The largest absolute Gasteiger partial charge is 0.317 e. The molecular weight excluding hydrogens is 464 g/mol. The Labute approximate surface area is 219 Å². The summed E-state index contributed by atoms with van der Waals surface area (Å²) in [6.07, 6.45) is 7.76. The zero-order valence-electron chi connectivity index (χ0n) is 20.5. The first-order valence-electron chi connectivity index (χ1n) is 12.7.